The average molecular weight is 284 g/mol. The third-order valence-corrected chi connectivity index (χ3v) is 3.38. The van der Waals surface area contributed by atoms with Gasteiger partial charge in [0.2, 0.25) is 0 Å². The van der Waals surface area contributed by atoms with E-state index in [1.54, 1.807) is 19.2 Å². The summed E-state index contributed by atoms with van der Waals surface area (Å²) in [6.07, 6.45) is 2.07. The molecule has 0 saturated heterocycles. The highest BCUT2D eigenvalue weighted by Gasteiger charge is 2.26. The fourth-order valence-corrected chi connectivity index (χ4v) is 2.52. The summed E-state index contributed by atoms with van der Waals surface area (Å²) < 4.78 is 27.1. The summed E-state index contributed by atoms with van der Waals surface area (Å²) in [6.45, 7) is 8.98. The van der Waals surface area contributed by atoms with Crippen molar-refractivity contribution in [1.82, 2.24) is 0 Å². The molecular formula is C16H26F2N2. The maximum absolute atomic E-state index is 13.5. The Balaban J connectivity index is 3.31. The van der Waals surface area contributed by atoms with E-state index in [2.05, 4.69) is 24.1 Å². The van der Waals surface area contributed by atoms with Gasteiger partial charge >= 0.3 is 0 Å². The van der Waals surface area contributed by atoms with Crippen LogP contribution in [0.25, 0.3) is 0 Å². The summed E-state index contributed by atoms with van der Waals surface area (Å²) in [5.74, 6) is -2.81. The number of benzene rings is 1. The molecule has 114 valence electrons. The van der Waals surface area contributed by atoms with Crippen molar-refractivity contribution in [3.63, 3.8) is 0 Å². The molecule has 0 aliphatic heterocycles. The van der Waals surface area contributed by atoms with Gasteiger partial charge in [0, 0.05) is 32.6 Å². The first-order valence-corrected chi connectivity index (χ1v) is 7.30. The van der Waals surface area contributed by atoms with Crippen molar-refractivity contribution in [3.05, 3.63) is 23.3 Å². The summed E-state index contributed by atoms with van der Waals surface area (Å²) in [5.41, 5.74) is 2.79. The fourth-order valence-electron chi connectivity index (χ4n) is 2.52. The van der Waals surface area contributed by atoms with Crippen LogP contribution in [-0.4, -0.2) is 20.1 Å². The SMILES string of the molecule is CCCN(CCC)c1c(C)cc(C(C)(F)F)cc1NC. The third kappa shape index (κ3) is 3.84. The molecule has 1 aromatic carbocycles. The molecule has 2 nitrogen and oxygen atoms in total. The van der Waals surface area contributed by atoms with Gasteiger partial charge in [0.15, 0.2) is 0 Å². The lowest BCUT2D eigenvalue weighted by atomic mass is 10.0. The van der Waals surface area contributed by atoms with Gasteiger partial charge < -0.3 is 10.2 Å². The number of rotatable bonds is 7. The minimum Gasteiger partial charge on any atom is -0.386 e. The lowest BCUT2D eigenvalue weighted by Gasteiger charge is -2.29. The average Bonchev–Trinajstić information content (AvgIpc) is 2.36. The molecular weight excluding hydrogens is 258 g/mol. The summed E-state index contributed by atoms with van der Waals surface area (Å²) >= 11 is 0. The normalized spacial score (nSPS) is 11.6. The van der Waals surface area contributed by atoms with E-state index in [9.17, 15) is 8.78 Å². The van der Waals surface area contributed by atoms with Gasteiger partial charge in [-0.1, -0.05) is 13.8 Å². The largest absolute Gasteiger partial charge is 0.386 e. The van der Waals surface area contributed by atoms with E-state index in [0.717, 1.165) is 49.8 Å². The van der Waals surface area contributed by atoms with Crippen LogP contribution in [0.1, 0.15) is 44.7 Å². The number of anilines is 2. The highest BCUT2D eigenvalue weighted by molar-refractivity contribution is 5.75. The topological polar surface area (TPSA) is 15.3 Å². The molecule has 0 fully saturated rings. The Labute approximate surface area is 121 Å². The first-order valence-electron chi connectivity index (χ1n) is 7.30. The molecule has 0 spiro atoms. The molecule has 0 atom stereocenters. The number of hydrogen-bond donors (Lipinski definition) is 1. The monoisotopic (exact) mass is 284 g/mol. The summed E-state index contributed by atoms with van der Waals surface area (Å²) in [6, 6.07) is 3.18. The molecule has 0 saturated carbocycles. The van der Waals surface area contributed by atoms with Crippen molar-refractivity contribution >= 4 is 11.4 Å². The van der Waals surface area contributed by atoms with E-state index in [4.69, 9.17) is 0 Å². The Morgan fingerprint density at radius 3 is 2.10 bits per heavy atom. The number of hydrogen-bond acceptors (Lipinski definition) is 2. The summed E-state index contributed by atoms with van der Waals surface area (Å²) in [7, 11) is 1.78. The summed E-state index contributed by atoms with van der Waals surface area (Å²) in [5, 5.41) is 3.07. The predicted molar refractivity (Wildman–Crippen MR) is 83.1 cm³/mol. The first-order chi connectivity index (χ1) is 9.35. The van der Waals surface area contributed by atoms with Crippen LogP contribution in [0.3, 0.4) is 0 Å². The number of alkyl halides is 2. The number of nitrogens with one attached hydrogen (secondary N) is 1. The fraction of sp³-hybridized carbons (Fsp3) is 0.625. The maximum atomic E-state index is 13.5. The molecule has 20 heavy (non-hydrogen) atoms. The van der Waals surface area contributed by atoms with Gasteiger partial charge in [-0.15, -0.1) is 0 Å². The van der Waals surface area contributed by atoms with E-state index in [-0.39, 0.29) is 5.56 Å². The van der Waals surface area contributed by atoms with E-state index in [0.29, 0.717) is 0 Å². The molecule has 0 amide bonds. The van der Waals surface area contributed by atoms with Crippen LogP contribution < -0.4 is 10.2 Å². The zero-order valence-electron chi connectivity index (χ0n) is 13.2. The standard InChI is InChI=1S/C16H26F2N2/c1-6-8-20(9-7-2)15-12(3)10-13(16(4,17)18)11-14(15)19-5/h10-11,19H,6-9H2,1-5H3. The second-order valence-electron chi connectivity index (χ2n) is 5.31. The predicted octanol–water partition coefficient (Wildman–Crippen LogP) is 4.77. The van der Waals surface area contributed by atoms with Crippen molar-refractivity contribution in [3.8, 4) is 0 Å². The van der Waals surface area contributed by atoms with Gasteiger partial charge in [-0.2, -0.15) is 0 Å². The van der Waals surface area contributed by atoms with Gasteiger partial charge in [-0.05, 0) is 37.5 Å². The van der Waals surface area contributed by atoms with Crippen LogP contribution in [0.5, 0.6) is 0 Å². The quantitative estimate of drug-likeness (QED) is 0.775. The molecule has 1 N–H and O–H groups in total. The molecule has 1 aromatic rings. The van der Waals surface area contributed by atoms with E-state index < -0.39 is 5.92 Å². The third-order valence-electron chi connectivity index (χ3n) is 3.38. The highest BCUT2D eigenvalue weighted by atomic mass is 19.3. The molecule has 0 radical (unpaired) electrons. The smallest absolute Gasteiger partial charge is 0.270 e. The molecule has 0 unspecified atom stereocenters. The number of aryl methyl sites for hydroxylation is 1. The first kappa shape index (κ1) is 16.7. The molecule has 0 heterocycles. The second kappa shape index (κ2) is 6.91. The number of halogens is 2. The van der Waals surface area contributed by atoms with Crippen molar-refractivity contribution in [2.45, 2.75) is 46.5 Å². The highest BCUT2D eigenvalue weighted by Crippen LogP contribution is 2.37. The van der Waals surface area contributed by atoms with Gasteiger partial charge in [-0.25, -0.2) is 8.78 Å². The Hall–Kier alpha value is -1.32. The Bertz CT molecular complexity index is 433. The molecule has 4 heteroatoms. The molecule has 1 rings (SSSR count). The van der Waals surface area contributed by atoms with Gasteiger partial charge in [0.05, 0.1) is 11.4 Å². The Morgan fingerprint density at radius 1 is 1.15 bits per heavy atom. The molecule has 0 bridgehead atoms. The van der Waals surface area contributed by atoms with Gasteiger partial charge in [-0.3, -0.25) is 0 Å². The van der Waals surface area contributed by atoms with E-state index in [1.807, 2.05) is 6.92 Å². The van der Waals surface area contributed by atoms with Crippen LogP contribution in [0.4, 0.5) is 20.2 Å². The number of nitrogens with zero attached hydrogens (tertiary/aromatic N) is 1. The van der Waals surface area contributed by atoms with Crippen LogP contribution in [-0.2, 0) is 5.92 Å². The van der Waals surface area contributed by atoms with E-state index >= 15 is 0 Å². The van der Waals surface area contributed by atoms with Crippen LogP contribution in [0.2, 0.25) is 0 Å². The minimum atomic E-state index is -2.81. The van der Waals surface area contributed by atoms with Crippen LogP contribution in [0.15, 0.2) is 12.1 Å². The Kier molecular flexibility index (Phi) is 5.78. The maximum Gasteiger partial charge on any atom is 0.270 e. The van der Waals surface area contributed by atoms with Crippen molar-refractivity contribution in [2.24, 2.45) is 0 Å². The van der Waals surface area contributed by atoms with Crippen molar-refractivity contribution in [2.75, 3.05) is 30.4 Å². The lowest BCUT2D eigenvalue weighted by Crippen LogP contribution is -2.27. The zero-order chi connectivity index (χ0) is 15.3. The Morgan fingerprint density at radius 2 is 1.70 bits per heavy atom. The van der Waals surface area contributed by atoms with Gasteiger partial charge in [0.1, 0.15) is 0 Å². The molecule has 0 aliphatic rings. The summed E-state index contributed by atoms with van der Waals surface area (Å²) in [4.78, 5) is 2.28. The molecule has 0 aromatic heterocycles. The molecule has 0 aliphatic carbocycles. The zero-order valence-corrected chi connectivity index (χ0v) is 13.2. The lowest BCUT2D eigenvalue weighted by molar-refractivity contribution is 0.0175. The minimum absolute atomic E-state index is 0.0658. The van der Waals surface area contributed by atoms with Gasteiger partial charge in [0.25, 0.3) is 5.92 Å². The van der Waals surface area contributed by atoms with Crippen molar-refractivity contribution in [1.29, 1.82) is 0 Å². The van der Waals surface area contributed by atoms with Crippen LogP contribution >= 0.6 is 0 Å². The van der Waals surface area contributed by atoms with Crippen LogP contribution in [0, 0.1) is 6.92 Å². The van der Waals surface area contributed by atoms with E-state index in [1.165, 1.54) is 0 Å². The van der Waals surface area contributed by atoms with Crippen molar-refractivity contribution < 1.29 is 8.78 Å². The second-order valence-corrected chi connectivity index (χ2v) is 5.31.